The number of imidazole rings is 1. The quantitative estimate of drug-likeness (QED) is 0.911. The SMILES string of the molecule is CN1CCCCC1Cc1ncc2n1CCC(C(=O)O)C2. The van der Waals surface area contributed by atoms with E-state index in [0.29, 0.717) is 12.5 Å². The maximum Gasteiger partial charge on any atom is 0.306 e. The van der Waals surface area contributed by atoms with Crippen molar-refractivity contribution in [1.82, 2.24) is 14.5 Å². The lowest BCUT2D eigenvalue weighted by Crippen LogP contribution is -2.38. The van der Waals surface area contributed by atoms with E-state index in [1.807, 2.05) is 6.20 Å². The van der Waals surface area contributed by atoms with Gasteiger partial charge in [-0.2, -0.15) is 0 Å². The summed E-state index contributed by atoms with van der Waals surface area (Å²) < 4.78 is 2.25. The van der Waals surface area contributed by atoms with Crippen LogP contribution in [0.3, 0.4) is 0 Å². The summed E-state index contributed by atoms with van der Waals surface area (Å²) in [6, 6.07) is 0.590. The third-order valence-corrected chi connectivity index (χ3v) is 4.87. The molecule has 1 aromatic rings. The Hall–Kier alpha value is -1.36. The molecule has 3 rings (SSSR count). The number of aromatic nitrogens is 2. The first-order chi connectivity index (χ1) is 9.65. The predicted molar refractivity (Wildman–Crippen MR) is 75.6 cm³/mol. The average molecular weight is 277 g/mol. The number of likely N-dealkylation sites (tertiary alicyclic amines) is 1. The second-order valence-corrected chi connectivity index (χ2v) is 6.18. The van der Waals surface area contributed by atoms with E-state index in [1.54, 1.807) is 0 Å². The number of carbonyl (C=O) groups is 1. The van der Waals surface area contributed by atoms with Crippen LogP contribution < -0.4 is 0 Å². The number of aliphatic carboxylic acids is 1. The third kappa shape index (κ3) is 2.59. The van der Waals surface area contributed by atoms with Crippen LogP contribution in [0.5, 0.6) is 0 Å². The Morgan fingerprint density at radius 2 is 2.25 bits per heavy atom. The minimum absolute atomic E-state index is 0.232. The minimum atomic E-state index is -0.675. The minimum Gasteiger partial charge on any atom is -0.481 e. The summed E-state index contributed by atoms with van der Waals surface area (Å²) in [5.74, 6) is 0.234. The van der Waals surface area contributed by atoms with Crippen molar-refractivity contribution in [2.45, 2.75) is 51.1 Å². The Morgan fingerprint density at radius 3 is 3.00 bits per heavy atom. The maximum atomic E-state index is 11.1. The molecule has 0 aliphatic carbocycles. The molecule has 3 heterocycles. The summed E-state index contributed by atoms with van der Waals surface area (Å²) in [5.41, 5.74) is 1.09. The van der Waals surface area contributed by atoms with Crippen molar-refractivity contribution in [3.05, 3.63) is 17.7 Å². The number of carboxylic acid groups (broad SMARTS) is 1. The summed E-state index contributed by atoms with van der Waals surface area (Å²) in [6.45, 7) is 1.98. The molecule has 5 heteroatoms. The van der Waals surface area contributed by atoms with Gasteiger partial charge in [0.25, 0.3) is 0 Å². The number of hydrogen-bond donors (Lipinski definition) is 1. The van der Waals surface area contributed by atoms with Crippen molar-refractivity contribution in [2.24, 2.45) is 5.92 Å². The molecule has 2 aliphatic heterocycles. The lowest BCUT2D eigenvalue weighted by atomic mass is 9.96. The molecule has 110 valence electrons. The zero-order valence-electron chi connectivity index (χ0n) is 12.1. The van der Waals surface area contributed by atoms with Gasteiger partial charge in [0.1, 0.15) is 5.82 Å². The molecule has 0 bridgehead atoms. The second-order valence-electron chi connectivity index (χ2n) is 6.18. The van der Waals surface area contributed by atoms with Crippen molar-refractivity contribution in [3.63, 3.8) is 0 Å². The molecule has 1 aromatic heterocycles. The van der Waals surface area contributed by atoms with Gasteiger partial charge in [-0.1, -0.05) is 6.42 Å². The number of hydrogen-bond acceptors (Lipinski definition) is 3. The molecule has 0 aromatic carbocycles. The summed E-state index contributed by atoms with van der Waals surface area (Å²) in [7, 11) is 2.20. The van der Waals surface area contributed by atoms with E-state index < -0.39 is 5.97 Å². The molecular formula is C15H23N3O2. The van der Waals surface area contributed by atoms with Crippen LogP contribution in [-0.4, -0.2) is 45.2 Å². The van der Waals surface area contributed by atoms with E-state index in [-0.39, 0.29) is 5.92 Å². The van der Waals surface area contributed by atoms with Gasteiger partial charge in [-0.15, -0.1) is 0 Å². The normalized spacial score (nSPS) is 27.2. The monoisotopic (exact) mass is 277 g/mol. The van der Waals surface area contributed by atoms with E-state index in [0.717, 1.165) is 30.9 Å². The molecule has 0 radical (unpaired) electrons. The van der Waals surface area contributed by atoms with Gasteiger partial charge >= 0.3 is 5.97 Å². The van der Waals surface area contributed by atoms with Gasteiger partial charge in [0.2, 0.25) is 0 Å². The average Bonchev–Trinajstić information content (AvgIpc) is 2.84. The van der Waals surface area contributed by atoms with Gasteiger partial charge in [-0.25, -0.2) is 4.98 Å². The van der Waals surface area contributed by atoms with Gasteiger partial charge < -0.3 is 14.6 Å². The third-order valence-electron chi connectivity index (χ3n) is 4.87. The van der Waals surface area contributed by atoms with E-state index in [2.05, 4.69) is 21.5 Å². The Bertz CT molecular complexity index is 497. The summed E-state index contributed by atoms with van der Waals surface area (Å²) in [5, 5.41) is 9.13. The Morgan fingerprint density at radius 1 is 1.40 bits per heavy atom. The first-order valence-electron chi connectivity index (χ1n) is 7.61. The topological polar surface area (TPSA) is 58.4 Å². The predicted octanol–water partition coefficient (Wildman–Crippen LogP) is 1.56. The van der Waals surface area contributed by atoms with Gasteiger partial charge in [-0.3, -0.25) is 4.79 Å². The molecule has 0 spiro atoms. The zero-order chi connectivity index (χ0) is 14.1. The fourth-order valence-corrected chi connectivity index (χ4v) is 3.52. The first kappa shape index (κ1) is 13.6. The molecule has 5 nitrogen and oxygen atoms in total. The molecular weight excluding hydrogens is 254 g/mol. The zero-order valence-corrected chi connectivity index (χ0v) is 12.1. The molecule has 2 atom stereocenters. The highest BCUT2D eigenvalue weighted by Crippen LogP contribution is 2.25. The highest BCUT2D eigenvalue weighted by atomic mass is 16.4. The highest BCUT2D eigenvalue weighted by molar-refractivity contribution is 5.70. The molecule has 1 fully saturated rings. The summed E-state index contributed by atoms with van der Waals surface area (Å²) in [6.07, 6.45) is 8.09. The fourth-order valence-electron chi connectivity index (χ4n) is 3.52. The lowest BCUT2D eigenvalue weighted by molar-refractivity contribution is -0.142. The van der Waals surface area contributed by atoms with Crippen molar-refractivity contribution in [2.75, 3.05) is 13.6 Å². The fraction of sp³-hybridized carbons (Fsp3) is 0.733. The first-order valence-corrected chi connectivity index (χ1v) is 7.61. The summed E-state index contributed by atoms with van der Waals surface area (Å²) in [4.78, 5) is 18.1. The number of fused-ring (bicyclic) bond motifs is 1. The van der Waals surface area contributed by atoms with Crippen LogP contribution in [0.2, 0.25) is 0 Å². The molecule has 2 aliphatic rings. The van der Waals surface area contributed by atoms with Crippen LogP contribution >= 0.6 is 0 Å². The van der Waals surface area contributed by atoms with Crippen LogP contribution in [0.1, 0.15) is 37.2 Å². The number of likely N-dealkylation sites (N-methyl/N-ethyl adjacent to an activating group) is 1. The molecule has 1 saturated heterocycles. The van der Waals surface area contributed by atoms with Crippen LogP contribution in [-0.2, 0) is 24.2 Å². The molecule has 2 unspecified atom stereocenters. The number of rotatable bonds is 3. The maximum absolute atomic E-state index is 11.1. The lowest BCUT2D eigenvalue weighted by Gasteiger charge is -2.32. The van der Waals surface area contributed by atoms with Crippen LogP contribution in [0.4, 0.5) is 0 Å². The van der Waals surface area contributed by atoms with Crippen molar-refractivity contribution >= 4 is 5.97 Å². The van der Waals surface area contributed by atoms with Gasteiger partial charge in [0.15, 0.2) is 0 Å². The molecule has 20 heavy (non-hydrogen) atoms. The van der Waals surface area contributed by atoms with E-state index >= 15 is 0 Å². The van der Waals surface area contributed by atoms with Crippen molar-refractivity contribution in [1.29, 1.82) is 0 Å². The van der Waals surface area contributed by atoms with Crippen molar-refractivity contribution < 1.29 is 9.90 Å². The molecule has 1 N–H and O–H groups in total. The number of nitrogens with zero attached hydrogens (tertiary/aromatic N) is 3. The second kappa shape index (κ2) is 5.56. The number of carboxylic acids is 1. The number of piperidine rings is 1. The van der Waals surface area contributed by atoms with Gasteiger partial charge in [0.05, 0.1) is 5.92 Å². The van der Waals surface area contributed by atoms with Crippen LogP contribution in [0.15, 0.2) is 6.20 Å². The van der Waals surface area contributed by atoms with Gasteiger partial charge in [0, 0.05) is 37.3 Å². The Kier molecular flexibility index (Phi) is 3.78. The van der Waals surface area contributed by atoms with E-state index in [1.165, 1.54) is 25.8 Å². The highest BCUT2D eigenvalue weighted by Gasteiger charge is 2.28. The summed E-state index contributed by atoms with van der Waals surface area (Å²) >= 11 is 0. The standard InChI is InChI=1S/C15H23N3O2/c1-17-6-3-2-4-12(17)9-14-16-10-13-8-11(15(19)20)5-7-18(13)14/h10-12H,2-9H2,1H3,(H,19,20). The Balaban J connectivity index is 1.72. The van der Waals surface area contributed by atoms with Crippen molar-refractivity contribution in [3.8, 4) is 0 Å². The Labute approximate surface area is 119 Å². The largest absolute Gasteiger partial charge is 0.481 e. The molecule has 0 saturated carbocycles. The van der Waals surface area contributed by atoms with Crippen LogP contribution in [0, 0.1) is 5.92 Å². The molecule has 0 amide bonds. The van der Waals surface area contributed by atoms with Gasteiger partial charge in [-0.05, 0) is 32.9 Å². The smallest absolute Gasteiger partial charge is 0.306 e. The van der Waals surface area contributed by atoms with Crippen LogP contribution in [0.25, 0.3) is 0 Å². The van der Waals surface area contributed by atoms with E-state index in [9.17, 15) is 4.79 Å². The van der Waals surface area contributed by atoms with E-state index in [4.69, 9.17) is 5.11 Å².